The largest absolute Gasteiger partial charge is 0.375 e. The van der Waals surface area contributed by atoms with E-state index in [0.717, 1.165) is 0 Å². The molecule has 0 saturated carbocycles. The second-order valence-corrected chi connectivity index (χ2v) is 4.16. The summed E-state index contributed by atoms with van der Waals surface area (Å²) in [5, 5.41) is 5.55. The number of methoxy groups -OCH3 is 1. The Morgan fingerprint density at radius 3 is 2.25 bits per heavy atom. The van der Waals surface area contributed by atoms with Gasteiger partial charge in [-0.1, -0.05) is 0 Å². The summed E-state index contributed by atoms with van der Waals surface area (Å²) in [6, 6.07) is 0.145. The van der Waals surface area contributed by atoms with Gasteiger partial charge in [0, 0.05) is 25.6 Å². The predicted molar refractivity (Wildman–Crippen MR) is 62.0 cm³/mol. The van der Waals surface area contributed by atoms with Crippen molar-refractivity contribution in [2.45, 2.75) is 45.7 Å². The fraction of sp³-hybridized carbons (Fsp3) is 0.818. The summed E-state index contributed by atoms with van der Waals surface area (Å²) in [7, 11) is 1.47. The fourth-order valence-electron chi connectivity index (χ4n) is 1.26. The van der Waals surface area contributed by atoms with E-state index >= 15 is 0 Å². The number of carbonyl (C=O) groups is 2. The molecule has 0 spiro atoms. The van der Waals surface area contributed by atoms with Crippen LogP contribution in [0.3, 0.4) is 0 Å². The Morgan fingerprint density at radius 1 is 1.12 bits per heavy atom. The zero-order valence-corrected chi connectivity index (χ0v) is 10.5. The summed E-state index contributed by atoms with van der Waals surface area (Å²) in [6.07, 6.45) is 1.06. The quantitative estimate of drug-likeness (QED) is 0.667. The smallest absolute Gasteiger partial charge is 0.246 e. The molecule has 0 saturated heterocycles. The van der Waals surface area contributed by atoms with Crippen LogP contribution in [0.1, 0.15) is 33.6 Å². The van der Waals surface area contributed by atoms with Gasteiger partial charge in [-0.15, -0.1) is 0 Å². The Labute approximate surface area is 96.9 Å². The molecule has 0 fully saturated rings. The predicted octanol–water partition coefficient (Wildman–Crippen LogP) is 0.442. The average molecular weight is 230 g/mol. The third-order valence-electron chi connectivity index (χ3n) is 1.94. The van der Waals surface area contributed by atoms with Crippen LogP contribution < -0.4 is 10.6 Å². The minimum Gasteiger partial charge on any atom is -0.375 e. The Morgan fingerprint density at radius 2 is 1.75 bits per heavy atom. The maximum absolute atomic E-state index is 11.3. The van der Waals surface area contributed by atoms with E-state index in [1.165, 1.54) is 7.11 Å². The third kappa shape index (κ3) is 8.23. The van der Waals surface area contributed by atoms with E-state index in [2.05, 4.69) is 10.6 Å². The van der Waals surface area contributed by atoms with Crippen molar-refractivity contribution in [3.05, 3.63) is 0 Å². The molecule has 94 valence electrons. The van der Waals surface area contributed by atoms with Crippen molar-refractivity contribution in [3.8, 4) is 0 Å². The van der Waals surface area contributed by atoms with Gasteiger partial charge in [0.1, 0.15) is 6.61 Å². The van der Waals surface area contributed by atoms with E-state index in [0.29, 0.717) is 12.8 Å². The van der Waals surface area contributed by atoms with Gasteiger partial charge in [0.15, 0.2) is 0 Å². The molecule has 0 bridgehead atoms. The zero-order valence-electron chi connectivity index (χ0n) is 10.5. The highest BCUT2D eigenvalue weighted by Gasteiger charge is 2.09. The standard InChI is InChI=1S/C11H22N2O3/c1-8(2)12-10(14)6-5-9(3)13-11(15)7-16-4/h8-9H,5-7H2,1-4H3,(H,12,14)(H,13,15). The number of hydrogen-bond donors (Lipinski definition) is 2. The van der Waals surface area contributed by atoms with Gasteiger partial charge in [0.25, 0.3) is 0 Å². The number of nitrogens with one attached hydrogen (secondary N) is 2. The molecule has 0 aromatic rings. The highest BCUT2D eigenvalue weighted by molar-refractivity contribution is 5.78. The highest BCUT2D eigenvalue weighted by Crippen LogP contribution is 1.97. The third-order valence-corrected chi connectivity index (χ3v) is 1.94. The fourth-order valence-corrected chi connectivity index (χ4v) is 1.26. The molecule has 0 aromatic heterocycles. The van der Waals surface area contributed by atoms with Crippen LogP contribution in [0.25, 0.3) is 0 Å². The van der Waals surface area contributed by atoms with E-state index in [1.807, 2.05) is 20.8 Å². The molecule has 0 radical (unpaired) electrons. The number of hydrogen-bond acceptors (Lipinski definition) is 3. The average Bonchev–Trinajstić information content (AvgIpc) is 2.14. The molecule has 0 aliphatic rings. The first kappa shape index (κ1) is 14.9. The Bertz CT molecular complexity index is 229. The SMILES string of the molecule is COCC(=O)NC(C)CCC(=O)NC(C)C. The van der Waals surface area contributed by atoms with Crippen molar-refractivity contribution < 1.29 is 14.3 Å². The van der Waals surface area contributed by atoms with Gasteiger partial charge in [-0.25, -0.2) is 0 Å². The Hall–Kier alpha value is -1.10. The monoisotopic (exact) mass is 230 g/mol. The number of ether oxygens (including phenoxy) is 1. The molecule has 0 rings (SSSR count). The number of carbonyl (C=O) groups excluding carboxylic acids is 2. The lowest BCUT2D eigenvalue weighted by Gasteiger charge is -2.14. The summed E-state index contributed by atoms with van der Waals surface area (Å²) in [5.41, 5.74) is 0. The van der Waals surface area contributed by atoms with Gasteiger partial charge < -0.3 is 15.4 Å². The van der Waals surface area contributed by atoms with Crippen LogP contribution in [0.15, 0.2) is 0 Å². The van der Waals surface area contributed by atoms with E-state index < -0.39 is 0 Å². The first-order valence-electron chi connectivity index (χ1n) is 5.53. The van der Waals surface area contributed by atoms with Gasteiger partial charge in [0.05, 0.1) is 0 Å². The van der Waals surface area contributed by atoms with E-state index in [-0.39, 0.29) is 30.5 Å². The van der Waals surface area contributed by atoms with Gasteiger partial charge in [0.2, 0.25) is 11.8 Å². The molecule has 0 aromatic carbocycles. The van der Waals surface area contributed by atoms with Gasteiger partial charge in [-0.05, 0) is 27.2 Å². The van der Waals surface area contributed by atoms with Crippen LogP contribution in [0.5, 0.6) is 0 Å². The topological polar surface area (TPSA) is 67.4 Å². The first-order chi connectivity index (χ1) is 7.45. The lowest BCUT2D eigenvalue weighted by Crippen LogP contribution is -2.37. The maximum Gasteiger partial charge on any atom is 0.246 e. The maximum atomic E-state index is 11.3. The first-order valence-corrected chi connectivity index (χ1v) is 5.53. The van der Waals surface area contributed by atoms with E-state index in [1.54, 1.807) is 0 Å². The van der Waals surface area contributed by atoms with Crippen molar-refractivity contribution in [2.75, 3.05) is 13.7 Å². The summed E-state index contributed by atoms with van der Waals surface area (Å²) >= 11 is 0. The molecule has 1 unspecified atom stereocenters. The lowest BCUT2D eigenvalue weighted by molar-refractivity contribution is -0.126. The molecule has 0 heterocycles. The van der Waals surface area contributed by atoms with Crippen molar-refractivity contribution in [2.24, 2.45) is 0 Å². The van der Waals surface area contributed by atoms with E-state index in [9.17, 15) is 9.59 Å². The lowest BCUT2D eigenvalue weighted by atomic mass is 10.1. The molecule has 2 N–H and O–H groups in total. The van der Waals surface area contributed by atoms with Crippen molar-refractivity contribution in [3.63, 3.8) is 0 Å². The van der Waals surface area contributed by atoms with Crippen LogP contribution >= 0.6 is 0 Å². The minimum atomic E-state index is -0.153. The summed E-state index contributed by atoms with van der Waals surface area (Å²) < 4.78 is 4.69. The Balaban J connectivity index is 3.68. The van der Waals surface area contributed by atoms with Gasteiger partial charge >= 0.3 is 0 Å². The molecule has 0 aliphatic heterocycles. The second-order valence-electron chi connectivity index (χ2n) is 4.16. The molecule has 1 atom stereocenters. The summed E-state index contributed by atoms with van der Waals surface area (Å²) in [6.45, 7) is 5.77. The molecular formula is C11H22N2O3. The summed E-state index contributed by atoms with van der Waals surface area (Å²) in [4.78, 5) is 22.5. The van der Waals surface area contributed by atoms with Crippen molar-refractivity contribution >= 4 is 11.8 Å². The molecule has 2 amide bonds. The second kappa shape index (κ2) is 8.10. The molecule has 5 heteroatoms. The van der Waals surface area contributed by atoms with Crippen LogP contribution in [0, 0.1) is 0 Å². The zero-order chi connectivity index (χ0) is 12.6. The molecule has 16 heavy (non-hydrogen) atoms. The van der Waals surface area contributed by atoms with Crippen molar-refractivity contribution in [1.29, 1.82) is 0 Å². The van der Waals surface area contributed by atoms with Crippen LogP contribution in [-0.2, 0) is 14.3 Å². The van der Waals surface area contributed by atoms with Gasteiger partial charge in [-0.3, -0.25) is 9.59 Å². The van der Waals surface area contributed by atoms with Crippen LogP contribution in [0.4, 0.5) is 0 Å². The summed E-state index contributed by atoms with van der Waals surface area (Å²) in [5.74, 6) is -0.137. The highest BCUT2D eigenvalue weighted by atomic mass is 16.5. The number of rotatable bonds is 7. The minimum absolute atomic E-state index is 0.0134. The molecular weight excluding hydrogens is 208 g/mol. The van der Waals surface area contributed by atoms with Crippen LogP contribution in [0.2, 0.25) is 0 Å². The van der Waals surface area contributed by atoms with Gasteiger partial charge in [-0.2, -0.15) is 0 Å². The normalized spacial score (nSPS) is 12.3. The molecule has 5 nitrogen and oxygen atoms in total. The van der Waals surface area contributed by atoms with Crippen LogP contribution in [-0.4, -0.2) is 37.6 Å². The molecule has 0 aliphatic carbocycles. The Kier molecular flexibility index (Phi) is 7.54. The van der Waals surface area contributed by atoms with E-state index in [4.69, 9.17) is 4.74 Å². The van der Waals surface area contributed by atoms with Crippen molar-refractivity contribution in [1.82, 2.24) is 10.6 Å². The number of amides is 2.